The van der Waals surface area contributed by atoms with Gasteiger partial charge in [-0.2, -0.15) is 5.26 Å². The summed E-state index contributed by atoms with van der Waals surface area (Å²) in [6.45, 7) is 2.27. The van der Waals surface area contributed by atoms with Crippen LogP contribution in [-0.4, -0.2) is 30.7 Å². The first-order valence-corrected chi connectivity index (χ1v) is 13.0. The van der Waals surface area contributed by atoms with E-state index in [1.165, 1.54) is 16.7 Å². The zero-order valence-electron chi connectivity index (χ0n) is 20.5. The number of thioether (sulfide) groups is 1. The number of para-hydroxylation sites is 1. The maximum atomic E-state index is 13.6. The van der Waals surface area contributed by atoms with Gasteiger partial charge in [-0.1, -0.05) is 65.8 Å². The number of methoxy groups -OCH3 is 1. The standard InChI is InChI=1S/C29H26ClN3O3S/c1-19-8-9-21(16-25(19)30)17-26-28(35)33(22-6-4-3-5-7-22)29(37-26)24(18-31)27(34)32-15-14-20-10-12-23(36-2)13-11-20/h3-13,16,26H,14-15,17H2,1-2H3,(H,32,34)/b29-24-/t26-/m1/s1. The minimum absolute atomic E-state index is 0.0821. The van der Waals surface area contributed by atoms with Crippen LogP contribution >= 0.6 is 23.4 Å². The number of rotatable bonds is 8. The lowest BCUT2D eigenvalue weighted by Gasteiger charge is -2.18. The molecule has 188 valence electrons. The SMILES string of the molecule is COc1ccc(CCNC(=O)/C(C#N)=C2\S[C@H](Cc3ccc(C)c(Cl)c3)C(=O)N2c2ccccc2)cc1. The molecule has 4 rings (SSSR count). The fraction of sp³-hybridized carbons (Fsp3) is 0.207. The van der Waals surface area contributed by atoms with Crippen molar-refractivity contribution in [1.82, 2.24) is 5.32 Å². The molecule has 0 aromatic heterocycles. The van der Waals surface area contributed by atoms with E-state index in [0.29, 0.717) is 35.1 Å². The molecule has 3 aromatic rings. The van der Waals surface area contributed by atoms with Crippen LogP contribution in [0.1, 0.15) is 16.7 Å². The van der Waals surface area contributed by atoms with E-state index in [1.807, 2.05) is 73.7 Å². The van der Waals surface area contributed by atoms with Crippen molar-refractivity contribution in [3.8, 4) is 11.8 Å². The minimum atomic E-state index is -0.508. The molecule has 37 heavy (non-hydrogen) atoms. The topological polar surface area (TPSA) is 82.4 Å². The van der Waals surface area contributed by atoms with Crippen molar-refractivity contribution < 1.29 is 14.3 Å². The van der Waals surface area contributed by atoms with Gasteiger partial charge in [-0.15, -0.1) is 0 Å². The van der Waals surface area contributed by atoms with Crippen molar-refractivity contribution in [2.45, 2.75) is 25.0 Å². The van der Waals surface area contributed by atoms with Gasteiger partial charge in [0.2, 0.25) is 5.91 Å². The van der Waals surface area contributed by atoms with E-state index in [-0.39, 0.29) is 11.5 Å². The van der Waals surface area contributed by atoms with Crippen LogP contribution in [0, 0.1) is 18.3 Å². The third-order valence-corrected chi connectivity index (χ3v) is 7.71. The fourth-order valence-corrected chi connectivity index (χ4v) is 5.49. The van der Waals surface area contributed by atoms with Gasteiger partial charge in [-0.3, -0.25) is 14.5 Å². The predicted molar refractivity (Wildman–Crippen MR) is 148 cm³/mol. The van der Waals surface area contributed by atoms with Gasteiger partial charge in [-0.05, 0) is 66.8 Å². The lowest BCUT2D eigenvalue weighted by molar-refractivity contribution is -0.117. The van der Waals surface area contributed by atoms with Gasteiger partial charge in [0.1, 0.15) is 22.4 Å². The van der Waals surface area contributed by atoms with Gasteiger partial charge in [0, 0.05) is 17.3 Å². The Morgan fingerprint density at radius 3 is 2.46 bits per heavy atom. The maximum absolute atomic E-state index is 13.6. The lowest BCUT2D eigenvalue weighted by atomic mass is 10.1. The Morgan fingerprint density at radius 2 is 1.81 bits per heavy atom. The number of aryl methyl sites for hydroxylation is 1. The highest BCUT2D eigenvalue weighted by Crippen LogP contribution is 2.42. The fourth-order valence-electron chi connectivity index (χ4n) is 3.98. The number of halogens is 1. The number of carbonyl (C=O) groups is 2. The van der Waals surface area contributed by atoms with Crippen molar-refractivity contribution in [2.24, 2.45) is 0 Å². The molecule has 3 aromatic carbocycles. The van der Waals surface area contributed by atoms with Gasteiger partial charge in [-0.25, -0.2) is 0 Å². The van der Waals surface area contributed by atoms with Crippen molar-refractivity contribution >= 4 is 40.9 Å². The second kappa shape index (κ2) is 12.0. The molecule has 0 aliphatic carbocycles. The number of nitrogens with zero attached hydrogens (tertiary/aromatic N) is 2. The molecule has 1 fully saturated rings. The molecular weight excluding hydrogens is 506 g/mol. The molecular formula is C29H26ClN3O3S. The molecule has 1 N–H and O–H groups in total. The summed E-state index contributed by atoms with van der Waals surface area (Å²) in [6.07, 6.45) is 1.02. The third kappa shape index (κ3) is 6.16. The molecule has 0 unspecified atom stereocenters. The summed E-state index contributed by atoms with van der Waals surface area (Å²) in [4.78, 5) is 28.1. The summed E-state index contributed by atoms with van der Waals surface area (Å²) >= 11 is 7.53. The number of hydrogen-bond donors (Lipinski definition) is 1. The lowest BCUT2D eigenvalue weighted by Crippen LogP contribution is -2.32. The number of hydrogen-bond acceptors (Lipinski definition) is 5. The van der Waals surface area contributed by atoms with Crippen LogP contribution in [0.2, 0.25) is 5.02 Å². The van der Waals surface area contributed by atoms with Crippen molar-refractivity contribution in [3.63, 3.8) is 0 Å². The summed E-state index contributed by atoms with van der Waals surface area (Å²) < 4.78 is 5.17. The second-order valence-corrected chi connectivity index (χ2v) is 10.1. The molecule has 1 heterocycles. The summed E-state index contributed by atoms with van der Waals surface area (Å²) in [6, 6.07) is 24.4. The minimum Gasteiger partial charge on any atom is -0.497 e. The van der Waals surface area contributed by atoms with E-state index in [1.54, 1.807) is 19.2 Å². The number of anilines is 1. The van der Waals surface area contributed by atoms with Crippen LogP contribution in [-0.2, 0) is 22.4 Å². The molecule has 1 aliphatic rings. The number of carbonyl (C=O) groups excluding carboxylic acids is 2. The van der Waals surface area contributed by atoms with Crippen molar-refractivity contribution in [3.05, 3.63) is 105 Å². The van der Waals surface area contributed by atoms with Gasteiger partial charge < -0.3 is 10.1 Å². The highest BCUT2D eigenvalue weighted by Gasteiger charge is 2.40. The van der Waals surface area contributed by atoms with Crippen LogP contribution in [0.5, 0.6) is 5.75 Å². The Hall–Kier alpha value is -3.73. The van der Waals surface area contributed by atoms with Gasteiger partial charge >= 0.3 is 0 Å². The molecule has 0 bridgehead atoms. The number of benzene rings is 3. The third-order valence-electron chi connectivity index (χ3n) is 6.04. The number of ether oxygens (including phenoxy) is 1. The number of nitriles is 1. The summed E-state index contributed by atoms with van der Waals surface area (Å²) in [7, 11) is 1.61. The largest absolute Gasteiger partial charge is 0.497 e. The summed E-state index contributed by atoms with van der Waals surface area (Å²) in [5, 5.41) is 13.3. The van der Waals surface area contributed by atoms with E-state index in [4.69, 9.17) is 16.3 Å². The molecule has 6 nitrogen and oxygen atoms in total. The molecule has 0 spiro atoms. The molecule has 0 radical (unpaired) electrons. The van der Waals surface area contributed by atoms with Gasteiger partial charge in [0.25, 0.3) is 5.91 Å². The van der Waals surface area contributed by atoms with E-state index in [0.717, 1.165) is 22.4 Å². The highest BCUT2D eigenvalue weighted by atomic mass is 35.5. The van der Waals surface area contributed by atoms with E-state index in [9.17, 15) is 14.9 Å². The first kappa shape index (κ1) is 26.3. The van der Waals surface area contributed by atoms with Crippen LogP contribution in [0.3, 0.4) is 0 Å². The molecule has 1 atom stereocenters. The summed E-state index contributed by atoms with van der Waals surface area (Å²) in [5.41, 5.74) is 3.43. The quantitative estimate of drug-likeness (QED) is 0.309. The molecule has 1 aliphatic heterocycles. The smallest absolute Gasteiger partial charge is 0.264 e. The van der Waals surface area contributed by atoms with Crippen LogP contribution in [0.15, 0.2) is 83.4 Å². The molecule has 0 saturated carbocycles. The monoisotopic (exact) mass is 531 g/mol. The Balaban J connectivity index is 1.57. The highest BCUT2D eigenvalue weighted by molar-refractivity contribution is 8.05. The number of amides is 2. The maximum Gasteiger partial charge on any atom is 0.264 e. The number of nitrogens with one attached hydrogen (secondary N) is 1. The Kier molecular flexibility index (Phi) is 8.54. The van der Waals surface area contributed by atoms with E-state index < -0.39 is 11.2 Å². The van der Waals surface area contributed by atoms with Crippen LogP contribution < -0.4 is 15.0 Å². The average Bonchev–Trinajstić information content (AvgIpc) is 3.22. The average molecular weight is 532 g/mol. The Bertz CT molecular complexity index is 1370. The first-order valence-electron chi connectivity index (χ1n) is 11.8. The second-order valence-electron chi connectivity index (χ2n) is 8.55. The molecule has 1 saturated heterocycles. The van der Waals surface area contributed by atoms with Gasteiger partial charge in [0.15, 0.2) is 0 Å². The van der Waals surface area contributed by atoms with Crippen LogP contribution in [0.4, 0.5) is 5.69 Å². The van der Waals surface area contributed by atoms with Gasteiger partial charge in [0.05, 0.1) is 12.4 Å². The normalized spacial score (nSPS) is 16.3. The summed E-state index contributed by atoms with van der Waals surface area (Å²) in [5.74, 6) is 0.0728. The molecule has 2 amide bonds. The zero-order valence-corrected chi connectivity index (χ0v) is 22.1. The Labute approximate surface area is 225 Å². The zero-order chi connectivity index (χ0) is 26.4. The van der Waals surface area contributed by atoms with E-state index >= 15 is 0 Å². The van der Waals surface area contributed by atoms with E-state index in [2.05, 4.69) is 5.32 Å². The predicted octanol–water partition coefficient (Wildman–Crippen LogP) is 5.44. The Morgan fingerprint density at radius 1 is 1.11 bits per heavy atom. The van der Waals surface area contributed by atoms with Crippen LogP contribution in [0.25, 0.3) is 0 Å². The van der Waals surface area contributed by atoms with Crippen molar-refractivity contribution in [2.75, 3.05) is 18.6 Å². The first-order chi connectivity index (χ1) is 17.9. The van der Waals surface area contributed by atoms with Crippen molar-refractivity contribution in [1.29, 1.82) is 5.26 Å². The molecule has 8 heteroatoms.